The molecule has 0 aliphatic carbocycles. The summed E-state index contributed by atoms with van der Waals surface area (Å²) in [7, 11) is -1.50. The van der Waals surface area contributed by atoms with Crippen molar-refractivity contribution in [2.24, 2.45) is 0 Å². The SMILES string of the molecule is CCNc1cnc2ccc(-c3cnc(OC)c(NS(=O)(=O)c4ccc(F)cc4F)c3)cc2c1OC. The summed E-state index contributed by atoms with van der Waals surface area (Å²) in [6.07, 6.45) is 3.21. The van der Waals surface area contributed by atoms with Gasteiger partial charge in [0.15, 0.2) is 5.75 Å². The van der Waals surface area contributed by atoms with Gasteiger partial charge in [0.25, 0.3) is 10.0 Å². The molecule has 4 rings (SSSR count). The second-order valence-corrected chi connectivity index (χ2v) is 9.08. The molecule has 4 aromatic rings. The molecule has 0 unspecified atom stereocenters. The van der Waals surface area contributed by atoms with Crippen LogP contribution >= 0.6 is 0 Å². The summed E-state index contributed by atoms with van der Waals surface area (Å²) < 4.78 is 66.1. The van der Waals surface area contributed by atoms with Crippen molar-refractivity contribution in [3.63, 3.8) is 0 Å². The molecule has 11 heteroatoms. The molecule has 2 N–H and O–H groups in total. The van der Waals surface area contributed by atoms with E-state index in [2.05, 4.69) is 20.0 Å². The number of nitrogens with zero attached hydrogens (tertiary/aromatic N) is 2. The monoisotopic (exact) mass is 500 g/mol. The minimum atomic E-state index is -4.40. The summed E-state index contributed by atoms with van der Waals surface area (Å²) >= 11 is 0. The highest BCUT2D eigenvalue weighted by atomic mass is 32.2. The van der Waals surface area contributed by atoms with Crippen molar-refractivity contribution in [3.8, 4) is 22.8 Å². The van der Waals surface area contributed by atoms with Gasteiger partial charge in [-0.25, -0.2) is 22.2 Å². The molecular weight excluding hydrogens is 478 g/mol. The van der Waals surface area contributed by atoms with Crippen LogP contribution in [0.25, 0.3) is 22.0 Å². The minimum absolute atomic E-state index is 0.0136. The molecule has 0 radical (unpaired) electrons. The number of sulfonamides is 1. The van der Waals surface area contributed by atoms with E-state index in [-0.39, 0.29) is 11.6 Å². The van der Waals surface area contributed by atoms with Crippen molar-refractivity contribution in [3.05, 3.63) is 66.5 Å². The highest BCUT2D eigenvalue weighted by Gasteiger charge is 2.22. The predicted molar refractivity (Wildman–Crippen MR) is 129 cm³/mol. The molecule has 0 aliphatic rings. The number of halogens is 2. The van der Waals surface area contributed by atoms with E-state index in [0.717, 1.165) is 23.2 Å². The van der Waals surface area contributed by atoms with E-state index >= 15 is 0 Å². The number of hydrogen-bond donors (Lipinski definition) is 2. The number of ether oxygens (including phenoxy) is 2. The Balaban J connectivity index is 1.78. The Bertz CT molecular complexity index is 1510. The molecule has 0 atom stereocenters. The van der Waals surface area contributed by atoms with Gasteiger partial charge in [-0.1, -0.05) is 6.07 Å². The summed E-state index contributed by atoms with van der Waals surface area (Å²) in [6, 6.07) is 9.19. The molecule has 0 bridgehead atoms. The molecule has 0 aliphatic heterocycles. The van der Waals surface area contributed by atoms with Gasteiger partial charge in [0.05, 0.1) is 31.6 Å². The fourth-order valence-electron chi connectivity index (χ4n) is 3.62. The molecule has 8 nitrogen and oxygen atoms in total. The van der Waals surface area contributed by atoms with Gasteiger partial charge in [-0.15, -0.1) is 0 Å². The van der Waals surface area contributed by atoms with Crippen molar-refractivity contribution >= 4 is 32.3 Å². The first-order valence-electron chi connectivity index (χ1n) is 10.5. The number of hydrogen-bond acceptors (Lipinski definition) is 7. The van der Waals surface area contributed by atoms with Crippen LogP contribution in [-0.2, 0) is 10.0 Å². The quantitative estimate of drug-likeness (QED) is 0.357. The summed E-state index contributed by atoms with van der Waals surface area (Å²) in [6.45, 7) is 2.65. The maximum absolute atomic E-state index is 14.2. The minimum Gasteiger partial charge on any atom is -0.494 e. The second-order valence-electron chi connectivity index (χ2n) is 7.43. The van der Waals surface area contributed by atoms with E-state index < -0.39 is 26.6 Å². The molecule has 0 amide bonds. The van der Waals surface area contributed by atoms with Gasteiger partial charge >= 0.3 is 0 Å². The van der Waals surface area contributed by atoms with E-state index in [1.54, 1.807) is 13.3 Å². The Morgan fingerprint density at radius 2 is 1.71 bits per heavy atom. The van der Waals surface area contributed by atoms with Crippen LogP contribution in [0.2, 0.25) is 0 Å². The number of methoxy groups -OCH3 is 2. The van der Waals surface area contributed by atoms with Crippen LogP contribution in [-0.4, -0.2) is 39.2 Å². The van der Waals surface area contributed by atoms with Crippen LogP contribution in [0.3, 0.4) is 0 Å². The molecule has 0 spiro atoms. The van der Waals surface area contributed by atoms with Crippen molar-refractivity contribution < 1.29 is 26.7 Å². The number of pyridine rings is 2. The topological polar surface area (TPSA) is 102 Å². The molecule has 2 heterocycles. The zero-order valence-corrected chi connectivity index (χ0v) is 19.9. The normalized spacial score (nSPS) is 11.3. The lowest BCUT2D eigenvalue weighted by Gasteiger charge is -2.15. The molecule has 0 fully saturated rings. The summed E-state index contributed by atoms with van der Waals surface area (Å²) in [5.41, 5.74) is 2.69. The van der Waals surface area contributed by atoms with Gasteiger partial charge in [0.2, 0.25) is 5.88 Å². The summed E-state index contributed by atoms with van der Waals surface area (Å²) in [5, 5.41) is 3.95. The first kappa shape index (κ1) is 24.1. The Hall–Kier alpha value is -3.99. The summed E-state index contributed by atoms with van der Waals surface area (Å²) in [4.78, 5) is 7.94. The standard InChI is InChI=1S/C24H22F2N4O4S/c1-4-27-21-13-28-19-7-5-14(9-17(19)23(21)33-2)15-10-20(24(34-3)29-12-15)30-35(31,32)22-8-6-16(25)11-18(22)26/h5-13,27,30H,4H2,1-3H3. The largest absolute Gasteiger partial charge is 0.494 e. The Morgan fingerprint density at radius 1 is 0.914 bits per heavy atom. The fraction of sp³-hybridized carbons (Fsp3) is 0.167. The lowest BCUT2D eigenvalue weighted by molar-refractivity contribution is 0.400. The fourth-order valence-corrected chi connectivity index (χ4v) is 4.73. The number of benzene rings is 2. The number of rotatable bonds is 8. The lowest BCUT2D eigenvalue weighted by Crippen LogP contribution is -2.15. The number of nitrogens with one attached hydrogen (secondary N) is 2. The van der Waals surface area contributed by atoms with Crippen LogP contribution in [0.1, 0.15) is 6.92 Å². The average Bonchev–Trinajstić information content (AvgIpc) is 2.83. The van der Waals surface area contributed by atoms with Crippen LogP contribution in [0, 0.1) is 11.6 Å². The Kier molecular flexibility index (Phi) is 6.70. The van der Waals surface area contributed by atoms with Gasteiger partial charge in [0.1, 0.15) is 22.2 Å². The molecule has 0 saturated heterocycles. The highest BCUT2D eigenvalue weighted by molar-refractivity contribution is 7.92. The van der Waals surface area contributed by atoms with E-state index in [1.807, 2.05) is 25.1 Å². The Labute approximate surface area is 201 Å². The molecular formula is C24H22F2N4O4S. The number of anilines is 2. The molecule has 2 aromatic carbocycles. The van der Waals surface area contributed by atoms with Crippen molar-refractivity contribution in [1.82, 2.24) is 9.97 Å². The van der Waals surface area contributed by atoms with E-state index in [4.69, 9.17) is 9.47 Å². The van der Waals surface area contributed by atoms with Crippen LogP contribution in [0.15, 0.2) is 59.8 Å². The highest BCUT2D eigenvalue weighted by Crippen LogP contribution is 2.36. The van der Waals surface area contributed by atoms with Gasteiger partial charge in [-0.2, -0.15) is 0 Å². The molecule has 2 aromatic heterocycles. The zero-order chi connectivity index (χ0) is 25.2. The average molecular weight is 501 g/mol. The van der Waals surface area contributed by atoms with Crippen molar-refractivity contribution in [2.45, 2.75) is 11.8 Å². The van der Waals surface area contributed by atoms with Crippen molar-refractivity contribution in [1.29, 1.82) is 0 Å². The first-order valence-corrected chi connectivity index (χ1v) is 12.0. The summed E-state index contributed by atoms with van der Waals surface area (Å²) in [5.74, 6) is -1.50. The van der Waals surface area contributed by atoms with Crippen LogP contribution < -0.4 is 19.5 Å². The maximum Gasteiger partial charge on any atom is 0.264 e. The van der Waals surface area contributed by atoms with E-state index in [9.17, 15) is 17.2 Å². The van der Waals surface area contributed by atoms with Gasteiger partial charge in [0, 0.05) is 29.8 Å². The predicted octanol–water partition coefficient (Wildman–Crippen LogP) is 4.82. The number of fused-ring (bicyclic) bond motifs is 1. The van der Waals surface area contributed by atoms with Gasteiger partial charge < -0.3 is 14.8 Å². The zero-order valence-electron chi connectivity index (χ0n) is 19.1. The second kappa shape index (κ2) is 9.71. The third kappa shape index (κ3) is 4.80. The van der Waals surface area contributed by atoms with Crippen LogP contribution in [0.5, 0.6) is 11.6 Å². The molecule has 35 heavy (non-hydrogen) atoms. The molecule has 0 saturated carbocycles. The van der Waals surface area contributed by atoms with E-state index in [0.29, 0.717) is 35.0 Å². The van der Waals surface area contributed by atoms with E-state index in [1.165, 1.54) is 19.4 Å². The smallest absolute Gasteiger partial charge is 0.264 e. The first-order chi connectivity index (χ1) is 16.8. The maximum atomic E-state index is 14.2. The van der Waals surface area contributed by atoms with Gasteiger partial charge in [-0.3, -0.25) is 9.71 Å². The van der Waals surface area contributed by atoms with Crippen LogP contribution in [0.4, 0.5) is 20.2 Å². The van der Waals surface area contributed by atoms with Crippen molar-refractivity contribution in [2.75, 3.05) is 30.8 Å². The lowest BCUT2D eigenvalue weighted by atomic mass is 10.0. The molecule has 182 valence electrons. The van der Waals surface area contributed by atoms with Gasteiger partial charge in [-0.05, 0) is 42.8 Å². The third-order valence-corrected chi connectivity index (χ3v) is 6.59. The number of aromatic nitrogens is 2. The third-order valence-electron chi connectivity index (χ3n) is 5.20. The Morgan fingerprint density at radius 3 is 2.40 bits per heavy atom.